The molecule has 1 aliphatic heterocycles. The Morgan fingerprint density at radius 2 is 1.62 bits per heavy atom. The number of benzene rings is 2. The van der Waals surface area contributed by atoms with Crippen LogP contribution in [0.3, 0.4) is 0 Å². The van der Waals surface area contributed by atoms with Crippen molar-refractivity contribution >= 4 is 29.1 Å². The second-order valence-corrected chi connectivity index (χ2v) is 6.33. The number of hydrogen-bond acceptors (Lipinski definition) is 6. The van der Waals surface area contributed by atoms with E-state index in [1.807, 2.05) is 67.6 Å². The zero-order valence-electron chi connectivity index (χ0n) is 13.9. The van der Waals surface area contributed by atoms with E-state index in [-0.39, 0.29) is 5.91 Å². The molecule has 7 nitrogen and oxygen atoms in total. The highest BCUT2D eigenvalue weighted by Crippen LogP contribution is 2.27. The van der Waals surface area contributed by atoms with Gasteiger partial charge in [0.25, 0.3) is 5.91 Å². The number of hydrogen-bond donors (Lipinski definition) is 0. The molecule has 0 fully saturated rings. The molecule has 0 saturated carbocycles. The lowest BCUT2D eigenvalue weighted by molar-refractivity contribution is -0.114. The molecule has 0 radical (unpaired) electrons. The minimum absolute atomic E-state index is 0.167. The van der Waals surface area contributed by atoms with Gasteiger partial charge in [-0.15, -0.1) is 5.10 Å². The van der Waals surface area contributed by atoms with Gasteiger partial charge in [0.1, 0.15) is 0 Å². The number of aromatic nitrogens is 4. The minimum atomic E-state index is -0.167. The molecule has 8 heteroatoms. The van der Waals surface area contributed by atoms with E-state index in [0.29, 0.717) is 16.4 Å². The van der Waals surface area contributed by atoms with Gasteiger partial charge in [0.05, 0.1) is 22.7 Å². The Morgan fingerprint density at radius 1 is 0.962 bits per heavy atom. The Balaban J connectivity index is 1.58. The van der Waals surface area contributed by atoms with Gasteiger partial charge >= 0.3 is 0 Å². The maximum atomic E-state index is 12.7. The zero-order chi connectivity index (χ0) is 17.9. The second kappa shape index (κ2) is 6.93. The molecule has 0 unspecified atom stereocenters. The van der Waals surface area contributed by atoms with E-state index in [9.17, 15) is 4.79 Å². The van der Waals surface area contributed by atoms with Gasteiger partial charge in [-0.05, 0) is 47.0 Å². The molecule has 1 amide bonds. The highest BCUT2D eigenvalue weighted by atomic mass is 32.2. The number of anilines is 1. The lowest BCUT2D eigenvalue weighted by atomic mass is 10.2. The van der Waals surface area contributed by atoms with Gasteiger partial charge in [0.15, 0.2) is 0 Å². The SMILES string of the molecule is CC1=NN(c2ccccc2)C(=O)C1=CSc1nnnn1-c1ccccc1. The summed E-state index contributed by atoms with van der Waals surface area (Å²) >= 11 is 1.29. The maximum Gasteiger partial charge on any atom is 0.281 e. The van der Waals surface area contributed by atoms with Crippen LogP contribution in [0.5, 0.6) is 0 Å². The third-order valence-electron chi connectivity index (χ3n) is 3.79. The van der Waals surface area contributed by atoms with Crippen LogP contribution in [-0.2, 0) is 4.79 Å². The van der Waals surface area contributed by atoms with Gasteiger partial charge in [0, 0.05) is 0 Å². The van der Waals surface area contributed by atoms with Crippen molar-refractivity contribution in [3.63, 3.8) is 0 Å². The Bertz CT molecular complexity index is 997. The lowest BCUT2D eigenvalue weighted by Gasteiger charge is -2.10. The molecule has 0 atom stereocenters. The smallest absolute Gasteiger partial charge is 0.267 e. The van der Waals surface area contributed by atoms with Crippen LogP contribution in [-0.4, -0.2) is 31.8 Å². The van der Waals surface area contributed by atoms with Crippen LogP contribution in [0.4, 0.5) is 5.69 Å². The fraction of sp³-hybridized carbons (Fsp3) is 0.0556. The lowest BCUT2D eigenvalue weighted by Crippen LogP contribution is -2.21. The summed E-state index contributed by atoms with van der Waals surface area (Å²) in [5, 5.41) is 19.9. The molecule has 26 heavy (non-hydrogen) atoms. The molecule has 4 rings (SSSR count). The summed E-state index contributed by atoms with van der Waals surface area (Å²) in [5.41, 5.74) is 2.78. The van der Waals surface area contributed by atoms with Crippen LogP contribution in [0.15, 0.2) is 81.9 Å². The van der Waals surface area contributed by atoms with E-state index in [1.54, 1.807) is 10.1 Å². The summed E-state index contributed by atoms with van der Waals surface area (Å²) in [6, 6.07) is 18.9. The fourth-order valence-corrected chi connectivity index (χ4v) is 3.31. The van der Waals surface area contributed by atoms with Crippen molar-refractivity contribution in [2.45, 2.75) is 12.1 Å². The van der Waals surface area contributed by atoms with Gasteiger partial charge in [-0.25, -0.2) is 0 Å². The predicted octanol–water partition coefficient (Wildman–Crippen LogP) is 3.06. The van der Waals surface area contributed by atoms with Crippen molar-refractivity contribution in [3.8, 4) is 5.69 Å². The number of carbonyl (C=O) groups is 1. The number of para-hydroxylation sites is 2. The number of carbonyl (C=O) groups excluding carboxylic acids is 1. The van der Waals surface area contributed by atoms with Crippen LogP contribution in [0.1, 0.15) is 6.92 Å². The summed E-state index contributed by atoms with van der Waals surface area (Å²) in [5.74, 6) is -0.167. The topological polar surface area (TPSA) is 76.3 Å². The molecule has 0 bridgehead atoms. The number of nitrogens with zero attached hydrogens (tertiary/aromatic N) is 6. The van der Waals surface area contributed by atoms with Crippen LogP contribution < -0.4 is 5.01 Å². The first-order chi connectivity index (χ1) is 12.7. The van der Waals surface area contributed by atoms with Gasteiger partial charge in [-0.3, -0.25) is 4.79 Å². The van der Waals surface area contributed by atoms with Crippen LogP contribution in [0.2, 0.25) is 0 Å². The van der Waals surface area contributed by atoms with Crippen molar-refractivity contribution in [2.75, 3.05) is 5.01 Å². The molecule has 0 saturated heterocycles. The number of rotatable bonds is 4. The average molecular weight is 362 g/mol. The Hall–Kier alpha value is -3.26. The first-order valence-corrected chi connectivity index (χ1v) is 8.78. The number of thioether (sulfide) groups is 1. The van der Waals surface area contributed by atoms with E-state index in [0.717, 1.165) is 11.4 Å². The van der Waals surface area contributed by atoms with E-state index in [2.05, 4.69) is 20.6 Å². The van der Waals surface area contributed by atoms with Crippen LogP contribution in [0, 0.1) is 0 Å². The highest BCUT2D eigenvalue weighted by molar-refractivity contribution is 8.02. The van der Waals surface area contributed by atoms with E-state index < -0.39 is 0 Å². The molecule has 2 heterocycles. The van der Waals surface area contributed by atoms with Crippen LogP contribution in [0.25, 0.3) is 5.69 Å². The normalized spacial score (nSPS) is 15.6. The summed E-state index contributed by atoms with van der Waals surface area (Å²) in [6.45, 7) is 1.81. The van der Waals surface area contributed by atoms with Crippen molar-refractivity contribution < 1.29 is 4.79 Å². The highest BCUT2D eigenvalue weighted by Gasteiger charge is 2.28. The Morgan fingerprint density at radius 3 is 2.31 bits per heavy atom. The van der Waals surface area contributed by atoms with Crippen molar-refractivity contribution in [2.24, 2.45) is 5.10 Å². The zero-order valence-corrected chi connectivity index (χ0v) is 14.7. The maximum absolute atomic E-state index is 12.7. The molecule has 0 spiro atoms. The molecular weight excluding hydrogens is 348 g/mol. The molecule has 3 aromatic rings. The largest absolute Gasteiger partial charge is 0.281 e. The third-order valence-corrected chi connectivity index (χ3v) is 4.61. The van der Waals surface area contributed by atoms with Gasteiger partial charge in [0.2, 0.25) is 5.16 Å². The monoisotopic (exact) mass is 362 g/mol. The summed E-state index contributed by atoms with van der Waals surface area (Å²) in [4.78, 5) is 12.7. The molecule has 2 aromatic carbocycles. The second-order valence-electron chi connectivity index (χ2n) is 5.50. The first kappa shape index (κ1) is 16.2. The van der Waals surface area contributed by atoms with Crippen molar-refractivity contribution in [1.29, 1.82) is 0 Å². The van der Waals surface area contributed by atoms with Crippen molar-refractivity contribution in [1.82, 2.24) is 20.2 Å². The fourth-order valence-electron chi connectivity index (χ4n) is 2.49. The molecular formula is C18H14N6OS. The van der Waals surface area contributed by atoms with Gasteiger partial charge in [-0.1, -0.05) is 48.2 Å². The summed E-state index contributed by atoms with van der Waals surface area (Å²) < 4.78 is 1.63. The summed E-state index contributed by atoms with van der Waals surface area (Å²) in [7, 11) is 0. The molecule has 1 aromatic heterocycles. The first-order valence-electron chi connectivity index (χ1n) is 7.90. The van der Waals surface area contributed by atoms with E-state index in [4.69, 9.17) is 0 Å². The van der Waals surface area contributed by atoms with E-state index in [1.165, 1.54) is 16.8 Å². The molecule has 0 N–H and O–H groups in total. The standard InChI is InChI=1S/C18H14N6OS/c1-13-16(17(25)23(20-13)14-8-4-2-5-9-14)12-26-18-19-21-22-24(18)15-10-6-3-7-11-15/h2-12H,1H3. The summed E-state index contributed by atoms with van der Waals surface area (Å²) in [6.07, 6.45) is 0. The molecule has 128 valence electrons. The minimum Gasteiger partial charge on any atom is -0.267 e. The molecule has 0 aliphatic carbocycles. The Kier molecular flexibility index (Phi) is 4.32. The number of hydrazone groups is 1. The number of tetrazole rings is 1. The quantitative estimate of drug-likeness (QED) is 0.527. The van der Waals surface area contributed by atoms with E-state index >= 15 is 0 Å². The van der Waals surface area contributed by atoms with Gasteiger partial charge < -0.3 is 0 Å². The average Bonchev–Trinajstić information content (AvgIpc) is 3.26. The molecule has 1 aliphatic rings. The van der Waals surface area contributed by atoms with Crippen LogP contribution >= 0.6 is 11.8 Å². The third kappa shape index (κ3) is 3.02. The number of amides is 1. The predicted molar refractivity (Wildman–Crippen MR) is 100 cm³/mol. The van der Waals surface area contributed by atoms with Gasteiger partial charge in [-0.2, -0.15) is 14.8 Å². The van der Waals surface area contributed by atoms with Crippen molar-refractivity contribution in [3.05, 3.63) is 71.6 Å². The Labute approximate surface area is 154 Å².